The van der Waals surface area contributed by atoms with Gasteiger partial charge in [0.2, 0.25) is 0 Å². The third kappa shape index (κ3) is 1.99. The minimum Gasteiger partial charge on any atom is -0.466 e. The fraction of sp³-hybridized carbons (Fsp3) is 0.625. The first kappa shape index (κ1) is 11.5. The van der Waals surface area contributed by atoms with Crippen molar-refractivity contribution in [3.8, 4) is 0 Å². The van der Waals surface area contributed by atoms with Gasteiger partial charge >= 0.3 is 5.97 Å². The zero-order chi connectivity index (χ0) is 8.43. The van der Waals surface area contributed by atoms with Gasteiger partial charge in [0.1, 0.15) is 0 Å². The van der Waals surface area contributed by atoms with Gasteiger partial charge in [-0.05, 0) is 6.92 Å². The standard InChI is InChI=1S/C8H13NO2.ClH/c1-3-5-6(7(5)9)8(10)11-4-2;/h3,5-7H,1,4,9H2,2H3;1H/t5-,6?,7+;/m0./s1. The third-order valence-corrected chi connectivity index (χ3v) is 1.96. The van der Waals surface area contributed by atoms with Crippen molar-refractivity contribution in [1.82, 2.24) is 0 Å². The van der Waals surface area contributed by atoms with Crippen LogP contribution in [-0.4, -0.2) is 18.6 Å². The van der Waals surface area contributed by atoms with E-state index in [0.29, 0.717) is 6.61 Å². The van der Waals surface area contributed by atoms with E-state index in [0.717, 1.165) is 0 Å². The Hall–Kier alpha value is -0.540. The maximum absolute atomic E-state index is 11.0. The van der Waals surface area contributed by atoms with Gasteiger partial charge in [0.15, 0.2) is 0 Å². The second-order valence-electron chi connectivity index (χ2n) is 2.67. The van der Waals surface area contributed by atoms with E-state index in [2.05, 4.69) is 6.58 Å². The molecular weight excluding hydrogens is 178 g/mol. The Bertz CT molecular complexity index is 184. The average molecular weight is 192 g/mol. The minimum absolute atomic E-state index is 0. The van der Waals surface area contributed by atoms with Crippen molar-refractivity contribution in [2.45, 2.75) is 13.0 Å². The molecule has 70 valence electrons. The van der Waals surface area contributed by atoms with Gasteiger partial charge in [-0.1, -0.05) is 6.08 Å². The van der Waals surface area contributed by atoms with Crippen molar-refractivity contribution >= 4 is 18.4 Å². The Morgan fingerprint density at radius 3 is 2.67 bits per heavy atom. The van der Waals surface area contributed by atoms with E-state index in [4.69, 9.17) is 10.5 Å². The molecule has 3 nitrogen and oxygen atoms in total. The molecule has 1 saturated carbocycles. The largest absolute Gasteiger partial charge is 0.466 e. The molecule has 2 N–H and O–H groups in total. The van der Waals surface area contributed by atoms with Crippen LogP contribution >= 0.6 is 12.4 Å². The monoisotopic (exact) mass is 191 g/mol. The molecule has 0 amide bonds. The summed E-state index contributed by atoms with van der Waals surface area (Å²) in [6.45, 7) is 5.79. The van der Waals surface area contributed by atoms with Gasteiger partial charge in [-0.25, -0.2) is 0 Å². The lowest BCUT2D eigenvalue weighted by molar-refractivity contribution is -0.144. The van der Waals surface area contributed by atoms with Crippen LogP contribution in [-0.2, 0) is 9.53 Å². The van der Waals surface area contributed by atoms with E-state index < -0.39 is 0 Å². The lowest BCUT2D eigenvalue weighted by atomic mass is 10.3. The van der Waals surface area contributed by atoms with Gasteiger partial charge in [-0.3, -0.25) is 4.79 Å². The first-order chi connectivity index (χ1) is 5.22. The molecule has 0 bridgehead atoms. The predicted molar refractivity (Wildman–Crippen MR) is 49.0 cm³/mol. The summed E-state index contributed by atoms with van der Waals surface area (Å²) in [4.78, 5) is 11.0. The molecule has 1 rings (SSSR count). The second kappa shape index (κ2) is 4.48. The minimum atomic E-state index is -0.190. The Balaban J connectivity index is 0.00000121. The fourth-order valence-electron chi connectivity index (χ4n) is 1.22. The molecular formula is C8H14ClNO2. The van der Waals surface area contributed by atoms with Crippen LogP contribution in [0.25, 0.3) is 0 Å². The molecule has 1 unspecified atom stereocenters. The maximum atomic E-state index is 11.0. The van der Waals surface area contributed by atoms with Crippen molar-refractivity contribution in [1.29, 1.82) is 0 Å². The average Bonchev–Trinajstić information content (AvgIpc) is 2.61. The maximum Gasteiger partial charge on any atom is 0.311 e. The van der Waals surface area contributed by atoms with Crippen molar-refractivity contribution in [2.24, 2.45) is 17.6 Å². The summed E-state index contributed by atoms with van der Waals surface area (Å²) >= 11 is 0. The Morgan fingerprint density at radius 2 is 2.33 bits per heavy atom. The zero-order valence-electron chi connectivity index (χ0n) is 7.03. The summed E-state index contributed by atoms with van der Waals surface area (Å²) in [5.41, 5.74) is 5.58. The van der Waals surface area contributed by atoms with Crippen LogP contribution in [0.1, 0.15) is 6.92 Å². The SMILES string of the molecule is C=C[C@H]1C(C(=O)OCC)[C@@H]1N.Cl. The number of rotatable bonds is 3. The van der Waals surface area contributed by atoms with Gasteiger partial charge < -0.3 is 10.5 Å². The number of hydrogen-bond donors (Lipinski definition) is 1. The molecule has 1 fully saturated rings. The first-order valence-electron chi connectivity index (χ1n) is 3.77. The smallest absolute Gasteiger partial charge is 0.311 e. The Morgan fingerprint density at radius 1 is 1.75 bits per heavy atom. The molecule has 1 aliphatic rings. The molecule has 0 spiro atoms. The number of nitrogens with two attached hydrogens (primary N) is 1. The predicted octanol–water partition coefficient (Wildman–Crippen LogP) is 0.731. The van der Waals surface area contributed by atoms with Crippen molar-refractivity contribution < 1.29 is 9.53 Å². The van der Waals surface area contributed by atoms with Gasteiger partial charge in [0, 0.05) is 12.0 Å². The van der Waals surface area contributed by atoms with E-state index in [9.17, 15) is 4.79 Å². The van der Waals surface area contributed by atoms with Crippen LogP contribution in [0.2, 0.25) is 0 Å². The molecule has 0 heterocycles. The highest BCUT2D eigenvalue weighted by molar-refractivity contribution is 5.85. The normalized spacial score (nSPS) is 31.7. The number of carbonyl (C=O) groups is 1. The number of esters is 1. The van der Waals surface area contributed by atoms with E-state index in [1.807, 2.05) is 0 Å². The highest BCUT2D eigenvalue weighted by Gasteiger charge is 2.51. The molecule has 0 radical (unpaired) electrons. The lowest BCUT2D eigenvalue weighted by Crippen LogP contribution is -2.13. The first-order valence-corrected chi connectivity index (χ1v) is 3.77. The van der Waals surface area contributed by atoms with E-state index in [1.165, 1.54) is 0 Å². The van der Waals surface area contributed by atoms with Gasteiger partial charge in [0.25, 0.3) is 0 Å². The van der Waals surface area contributed by atoms with Crippen LogP contribution in [0.5, 0.6) is 0 Å². The molecule has 4 heteroatoms. The zero-order valence-corrected chi connectivity index (χ0v) is 7.84. The van der Waals surface area contributed by atoms with Crippen molar-refractivity contribution in [3.63, 3.8) is 0 Å². The topological polar surface area (TPSA) is 52.3 Å². The van der Waals surface area contributed by atoms with Crippen molar-refractivity contribution in [3.05, 3.63) is 12.7 Å². The number of carbonyl (C=O) groups excluding carboxylic acids is 1. The van der Waals surface area contributed by atoms with Gasteiger partial charge in [-0.15, -0.1) is 19.0 Å². The summed E-state index contributed by atoms with van der Waals surface area (Å²) in [7, 11) is 0. The molecule has 12 heavy (non-hydrogen) atoms. The molecule has 0 aromatic carbocycles. The van der Waals surface area contributed by atoms with Crippen LogP contribution in [0.4, 0.5) is 0 Å². The molecule has 3 atom stereocenters. The molecule has 0 aliphatic heterocycles. The molecule has 0 aromatic heterocycles. The summed E-state index contributed by atoms with van der Waals surface area (Å²) in [6, 6.07) is -0.0634. The van der Waals surface area contributed by atoms with Gasteiger partial charge in [0.05, 0.1) is 12.5 Å². The number of hydrogen-bond acceptors (Lipinski definition) is 3. The summed E-state index contributed by atoms with van der Waals surface area (Å²) in [5, 5.41) is 0. The summed E-state index contributed by atoms with van der Waals surface area (Å²) in [5.74, 6) is -0.189. The van der Waals surface area contributed by atoms with E-state index in [1.54, 1.807) is 13.0 Å². The van der Waals surface area contributed by atoms with Crippen LogP contribution in [0.15, 0.2) is 12.7 Å². The Labute approximate surface area is 78.4 Å². The van der Waals surface area contributed by atoms with Gasteiger partial charge in [-0.2, -0.15) is 0 Å². The molecule has 0 saturated heterocycles. The highest BCUT2D eigenvalue weighted by Crippen LogP contribution is 2.38. The third-order valence-electron chi connectivity index (χ3n) is 1.96. The van der Waals surface area contributed by atoms with Crippen LogP contribution in [0, 0.1) is 11.8 Å². The summed E-state index contributed by atoms with van der Waals surface area (Å²) < 4.78 is 4.80. The second-order valence-corrected chi connectivity index (χ2v) is 2.67. The Kier molecular flexibility index (Phi) is 4.28. The molecule has 1 aliphatic carbocycles. The summed E-state index contributed by atoms with van der Waals surface area (Å²) in [6.07, 6.45) is 1.71. The van der Waals surface area contributed by atoms with E-state index >= 15 is 0 Å². The van der Waals surface area contributed by atoms with Crippen LogP contribution in [0.3, 0.4) is 0 Å². The lowest BCUT2D eigenvalue weighted by Gasteiger charge is -1.97. The molecule has 0 aromatic rings. The fourth-order valence-corrected chi connectivity index (χ4v) is 1.22. The highest BCUT2D eigenvalue weighted by atomic mass is 35.5. The quantitative estimate of drug-likeness (QED) is 0.529. The van der Waals surface area contributed by atoms with Crippen molar-refractivity contribution in [2.75, 3.05) is 6.61 Å². The number of ether oxygens (including phenoxy) is 1. The van der Waals surface area contributed by atoms with E-state index in [-0.39, 0.29) is 36.3 Å². The van der Waals surface area contributed by atoms with Crippen LogP contribution < -0.4 is 5.73 Å². The number of halogens is 1.